The molecule has 0 aliphatic heterocycles. The van der Waals surface area contributed by atoms with Gasteiger partial charge in [-0.3, -0.25) is 0 Å². The van der Waals surface area contributed by atoms with Crippen molar-refractivity contribution < 1.29 is 12.8 Å². The van der Waals surface area contributed by atoms with Gasteiger partial charge in [0.05, 0.1) is 0 Å². The number of hydrogen-bond donors (Lipinski definition) is 2. The Morgan fingerprint density at radius 3 is 2.50 bits per heavy atom. The smallest absolute Gasteiger partial charge is 0.279 e. The van der Waals surface area contributed by atoms with Crippen LogP contribution in [0.3, 0.4) is 0 Å². The van der Waals surface area contributed by atoms with E-state index in [0.29, 0.717) is 0 Å². The van der Waals surface area contributed by atoms with E-state index in [4.69, 9.17) is 17.3 Å². The van der Waals surface area contributed by atoms with Crippen LogP contribution in [-0.2, 0) is 16.8 Å². The molecule has 2 aromatic carbocycles. The lowest BCUT2D eigenvalue weighted by molar-refractivity contribution is 0.443. The summed E-state index contributed by atoms with van der Waals surface area (Å²) in [6.07, 6.45) is 0. The SMILES string of the molecule is CN(Cc1c(F)cccc1Cl)S(=O)(=O)NCC(N)c1ccccc1. The van der Waals surface area contributed by atoms with Crippen LogP contribution in [0.25, 0.3) is 0 Å². The summed E-state index contributed by atoms with van der Waals surface area (Å²) in [4.78, 5) is 0. The van der Waals surface area contributed by atoms with Crippen LogP contribution in [0.4, 0.5) is 4.39 Å². The highest BCUT2D eigenvalue weighted by molar-refractivity contribution is 7.87. The summed E-state index contributed by atoms with van der Waals surface area (Å²) in [5, 5.41) is 0.179. The van der Waals surface area contributed by atoms with Gasteiger partial charge in [0.1, 0.15) is 5.82 Å². The molecule has 0 aromatic heterocycles. The van der Waals surface area contributed by atoms with Crippen molar-refractivity contribution in [3.8, 4) is 0 Å². The molecule has 0 aliphatic rings. The van der Waals surface area contributed by atoms with Crippen LogP contribution in [0.5, 0.6) is 0 Å². The fraction of sp³-hybridized carbons (Fsp3) is 0.250. The Bertz CT molecular complexity index is 767. The van der Waals surface area contributed by atoms with Crippen molar-refractivity contribution in [2.24, 2.45) is 5.73 Å². The summed E-state index contributed by atoms with van der Waals surface area (Å²) in [6.45, 7) is -0.150. The second-order valence-electron chi connectivity index (χ2n) is 5.33. The van der Waals surface area contributed by atoms with E-state index in [-0.39, 0.29) is 23.7 Å². The molecule has 1 atom stereocenters. The third-order valence-electron chi connectivity index (χ3n) is 3.57. The number of hydrogen-bond acceptors (Lipinski definition) is 3. The zero-order chi connectivity index (χ0) is 17.7. The molecule has 2 aromatic rings. The summed E-state index contributed by atoms with van der Waals surface area (Å²) >= 11 is 5.93. The first kappa shape index (κ1) is 18.8. The third kappa shape index (κ3) is 4.75. The lowest BCUT2D eigenvalue weighted by Gasteiger charge is -2.20. The number of benzene rings is 2. The highest BCUT2D eigenvalue weighted by Gasteiger charge is 2.21. The van der Waals surface area contributed by atoms with Gasteiger partial charge in [-0.15, -0.1) is 0 Å². The van der Waals surface area contributed by atoms with Gasteiger partial charge in [-0.25, -0.2) is 9.11 Å². The number of nitrogens with zero attached hydrogens (tertiary/aromatic N) is 1. The standard InChI is InChI=1S/C16H19ClFN3O2S/c1-21(11-13-14(17)8-5-9-15(13)18)24(22,23)20-10-16(19)12-6-3-2-4-7-12/h2-9,16,20H,10-11,19H2,1H3. The molecular weight excluding hydrogens is 353 g/mol. The molecule has 0 spiro atoms. The predicted octanol–water partition coefficient (Wildman–Crippen LogP) is 2.45. The molecule has 3 N–H and O–H groups in total. The Morgan fingerprint density at radius 1 is 1.21 bits per heavy atom. The largest absolute Gasteiger partial charge is 0.323 e. The van der Waals surface area contributed by atoms with Gasteiger partial charge in [-0.1, -0.05) is 48.0 Å². The van der Waals surface area contributed by atoms with E-state index in [2.05, 4.69) is 4.72 Å². The predicted molar refractivity (Wildman–Crippen MR) is 93.2 cm³/mol. The Labute approximate surface area is 146 Å². The van der Waals surface area contributed by atoms with Crippen LogP contribution >= 0.6 is 11.6 Å². The minimum atomic E-state index is -3.82. The van der Waals surface area contributed by atoms with Crippen LogP contribution in [-0.4, -0.2) is 26.3 Å². The third-order valence-corrected chi connectivity index (χ3v) is 5.40. The van der Waals surface area contributed by atoms with Crippen LogP contribution < -0.4 is 10.5 Å². The van der Waals surface area contributed by atoms with Crippen molar-refractivity contribution in [1.82, 2.24) is 9.03 Å². The van der Waals surface area contributed by atoms with E-state index in [1.54, 1.807) is 0 Å². The highest BCUT2D eigenvalue weighted by atomic mass is 35.5. The summed E-state index contributed by atoms with van der Waals surface area (Å²) in [6, 6.07) is 12.9. The average molecular weight is 372 g/mol. The second kappa shape index (κ2) is 8.04. The second-order valence-corrected chi connectivity index (χ2v) is 7.60. The van der Waals surface area contributed by atoms with Gasteiger partial charge in [-0.05, 0) is 17.7 Å². The molecule has 0 aliphatic carbocycles. The molecule has 1 unspecified atom stereocenters. The summed E-state index contributed by atoms with van der Waals surface area (Å²) in [5.74, 6) is -0.550. The van der Waals surface area contributed by atoms with Crippen LogP contribution in [0.1, 0.15) is 17.2 Å². The van der Waals surface area contributed by atoms with E-state index in [1.807, 2.05) is 30.3 Å². The van der Waals surface area contributed by atoms with E-state index < -0.39 is 22.1 Å². The first-order chi connectivity index (χ1) is 11.3. The van der Waals surface area contributed by atoms with E-state index in [0.717, 1.165) is 9.87 Å². The van der Waals surface area contributed by atoms with Crippen molar-refractivity contribution >= 4 is 21.8 Å². The molecule has 0 fully saturated rings. The molecular formula is C16H19ClFN3O2S. The number of nitrogens with two attached hydrogens (primary N) is 1. The lowest BCUT2D eigenvalue weighted by atomic mass is 10.1. The van der Waals surface area contributed by atoms with Crippen molar-refractivity contribution in [3.63, 3.8) is 0 Å². The van der Waals surface area contributed by atoms with Crippen LogP contribution in [0, 0.1) is 5.82 Å². The van der Waals surface area contributed by atoms with Crippen LogP contribution in [0.15, 0.2) is 48.5 Å². The first-order valence-electron chi connectivity index (χ1n) is 7.25. The van der Waals surface area contributed by atoms with Gasteiger partial charge in [0.15, 0.2) is 0 Å². The Morgan fingerprint density at radius 2 is 1.88 bits per heavy atom. The molecule has 0 bridgehead atoms. The molecule has 0 radical (unpaired) electrons. The van der Waals surface area contributed by atoms with Gasteiger partial charge in [-0.2, -0.15) is 12.7 Å². The molecule has 5 nitrogen and oxygen atoms in total. The topological polar surface area (TPSA) is 75.4 Å². The average Bonchev–Trinajstić information content (AvgIpc) is 2.56. The molecule has 130 valence electrons. The minimum absolute atomic E-state index is 0.0295. The zero-order valence-electron chi connectivity index (χ0n) is 13.1. The number of halogens is 2. The molecule has 0 amide bonds. The maximum absolute atomic E-state index is 13.8. The zero-order valence-corrected chi connectivity index (χ0v) is 14.7. The van der Waals surface area contributed by atoms with Crippen molar-refractivity contribution in [2.75, 3.05) is 13.6 Å². The van der Waals surface area contributed by atoms with Gasteiger partial charge >= 0.3 is 0 Å². The fourth-order valence-electron chi connectivity index (χ4n) is 2.11. The Balaban J connectivity index is 2.02. The lowest BCUT2D eigenvalue weighted by Crippen LogP contribution is -2.41. The van der Waals surface area contributed by atoms with E-state index >= 15 is 0 Å². The van der Waals surface area contributed by atoms with Crippen molar-refractivity contribution in [3.05, 3.63) is 70.5 Å². The summed E-state index contributed by atoms with van der Waals surface area (Å²) in [7, 11) is -2.47. The summed E-state index contributed by atoms with van der Waals surface area (Å²) < 4.78 is 41.8. The quantitative estimate of drug-likeness (QED) is 0.785. The number of nitrogens with one attached hydrogen (secondary N) is 1. The number of rotatable bonds is 7. The fourth-order valence-corrected chi connectivity index (χ4v) is 3.25. The monoisotopic (exact) mass is 371 g/mol. The molecule has 8 heteroatoms. The van der Waals surface area contributed by atoms with Crippen LogP contribution in [0.2, 0.25) is 5.02 Å². The van der Waals surface area contributed by atoms with E-state index in [9.17, 15) is 12.8 Å². The maximum atomic E-state index is 13.8. The molecule has 24 heavy (non-hydrogen) atoms. The van der Waals surface area contributed by atoms with Crippen molar-refractivity contribution in [1.29, 1.82) is 0 Å². The van der Waals surface area contributed by atoms with Gasteiger partial charge < -0.3 is 5.73 Å². The summed E-state index contributed by atoms with van der Waals surface area (Å²) in [5.41, 5.74) is 6.92. The minimum Gasteiger partial charge on any atom is -0.323 e. The van der Waals surface area contributed by atoms with Crippen molar-refractivity contribution in [2.45, 2.75) is 12.6 Å². The van der Waals surface area contributed by atoms with E-state index in [1.165, 1.54) is 25.2 Å². The molecule has 2 rings (SSSR count). The van der Waals surface area contributed by atoms with Gasteiger partial charge in [0.25, 0.3) is 10.2 Å². The maximum Gasteiger partial charge on any atom is 0.279 e. The first-order valence-corrected chi connectivity index (χ1v) is 9.07. The normalized spacial score (nSPS) is 13.2. The van der Waals surface area contributed by atoms with Gasteiger partial charge in [0.2, 0.25) is 0 Å². The highest BCUT2D eigenvalue weighted by Crippen LogP contribution is 2.21. The Kier molecular flexibility index (Phi) is 6.31. The Hall–Kier alpha value is -1.51. The van der Waals surface area contributed by atoms with Gasteiger partial charge in [0, 0.05) is 36.8 Å². The molecule has 0 heterocycles. The molecule has 0 saturated heterocycles. The molecule has 0 saturated carbocycles.